The van der Waals surface area contributed by atoms with E-state index in [4.69, 9.17) is 0 Å². The molecule has 0 spiro atoms. The van der Waals surface area contributed by atoms with Gasteiger partial charge in [-0.15, -0.1) is 0 Å². The highest BCUT2D eigenvalue weighted by Gasteiger charge is 2.20. The quantitative estimate of drug-likeness (QED) is 0.771. The Bertz CT molecular complexity index is 571. The average molecular weight is 360 g/mol. The topological polar surface area (TPSA) is 52.7 Å². The van der Waals surface area contributed by atoms with Gasteiger partial charge in [-0.05, 0) is 55.9 Å². The molecule has 5 heteroatoms. The summed E-state index contributed by atoms with van der Waals surface area (Å²) >= 11 is 0. The summed E-state index contributed by atoms with van der Waals surface area (Å²) in [5.41, 5.74) is 1.58. The summed E-state index contributed by atoms with van der Waals surface area (Å²) < 4.78 is 0. The number of nitrogens with one attached hydrogen (secondary N) is 1. The third kappa shape index (κ3) is 5.75. The first-order chi connectivity index (χ1) is 12.5. The summed E-state index contributed by atoms with van der Waals surface area (Å²) in [6.07, 6.45) is 4.11. The zero-order valence-electron chi connectivity index (χ0n) is 16.5. The molecule has 1 aliphatic rings. The molecule has 1 fully saturated rings. The maximum absolute atomic E-state index is 12.6. The fraction of sp³-hybridized carbons (Fsp3) is 0.619. The van der Waals surface area contributed by atoms with Crippen molar-refractivity contribution in [3.05, 3.63) is 29.8 Å². The Hall–Kier alpha value is -2.04. The molecule has 144 valence electrons. The summed E-state index contributed by atoms with van der Waals surface area (Å²) in [5, 5.41) is 3.18. The van der Waals surface area contributed by atoms with Gasteiger partial charge in [0.05, 0.1) is 6.54 Å². The Morgan fingerprint density at radius 3 is 2.19 bits per heavy atom. The van der Waals surface area contributed by atoms with Crippen LogP contribution in [0, 0.1) is 5.92 Å². The first-order valence-corrected chi connectivity index (χ1v) is 9.96. The number of benzene rings is 1. The van der Waals surface area contributed by atoms with Crippen LogP contribution in [0.4, 0.5) is 5.69 Å². The van der Waals surface area contributed by atoms with Gasteiger partial charge in [-0.1, -0.05) is 20.8 Å². The van der Waals surface area contributed by atoms with Crippen molar-refractivity contribution in [1.82, 2.24) is 9.80 Å². The number of amides is 2. The van der Waals surface area contributed by atoms with E-state index < -0.39 is 0 Å². The largest absolute Gasteiger partial charge is 0.376 e. The number of nitrogens with zero attached hydrogens (tertiary/aromatic N) is 2. The lowest BCUT2D eigenvalue weighted by molar-refractivity contribution is -0.130. The Balaban J connectivity index is 1.86. The van der Waals surface area contributed by atoms with Crippen LogP contribution in [0.5, 0.6) is 0 Å². The highest BCUT2D eigenvalue weighted by atomic mass is 16.2. The fourth-order valence-corrected chi connectivity index (χ4v) is 3.32. The van der Waals surface area contributed by atoms with Crippen molar-refractivity contribution in [2.24, 2.45) is 5.92 Å². The van der Waals surface area contributed by atoms with Crippen molar-refractivity contribution >= 4 is 17.5 Å². The molecule has 1 saturated heterocycles. The van der Waals surface area contributed by atoms with Gasteiger partial charge in [0.1, 0.15) is 0 Å². The Kier molecular flexibility index (Phi) is 7.95. The van der Waals surface area contributed by atoms with Gasteiger partial charge < -0.3 is 15.1 Å². The highest BCUT2D eigenvalue weighted by Crippen LogP contribution is 2.16. The van der Waals surface area contributed by atoms with E-state index in [0.717, 1.165) is 63.5 Å². The zero-order chi connectivity index (χ0) is 18.9. The van der Waals surface area contributed by atoms with Crippen LogP contribution in [0.25, 0.3) is 0 Å². The molecule has 0 saturated carbocycles. The predicted molar refractivity (Wildman–Crippen MR) is 106 cm³/mol. The van der Waals surface area contributed by atoms with E-state index in [9.17, 15) is 9.59 Å². The number of anilines is 1. The van der Waals surface area contributed by atoms with Crippen molar-refractivity contribution < 1.29 is 9.59 Å². The molecule has 0 bridgehead atoms. The molecule has 2 amide bonds. The van der Waals surface area contributed by atoms with E-state index in [-0.39, 0.29) is 11.8 Å². The fourth-order valence-electron chi connectivity index (χ4n) is 3.32. The second kappa shape index (κ2) is 10.2. The van der Waals surface area contributed by atoms with Crippen LogP contribution in [-0.2, 0) is 4.79 Å². The third-order valence-electron chi connectivity index (χ3n) is 4.99. The van der Waals surface area contributed by atoms with Crippen molar-refractivity contribution in [1.29, 1.82) is 0 Å². The number of piperidine rings is 1. The van der Waals surface area contributed by atoms with Gasteiger partial charge in [-0.3, -0.25) is 9.59 Å². The summed E-state index contributed by atoms with van der Waals surface area (Å²) in [7, 11) is 0. The SMILES string of the molecule is CCCN(CCC)C(=O)c1ccc(NCC(=O)N2CCC(C)CC2)cc1. The van der Waals surface area contributed by atoms with Gasteiger partial charge in [0, 0.05) is 37.4 Å². The number of hydrogen-bond acceptors (Lipinski definition) is 3. The minimum absolute atomic E-state index is 0.0822. The Labute approximate surface area is 157 Å². The standard InChI is InChI=1S/C21H33N3O2/c1-4-12-24(13-5-2)21(26)18-6-8-19(9-7-18)22-16-20(25)23-14-10-17(3)11-15-23/h6-9,17,22H,4-5,10-16H2,1-3H3. The Morgan fingerprint density at radius 1 is 1.08 bits per heavy atom. The predicted octanol–water partition coefficient (Wildman–Crippen LogP) is 3.62. The van der Waals surface area contributed by atoms with E-state index in [2.05, 4.69) is 26.1 Å². The number of carbonyl (C=O) groups excluding carboxylic acids is 2. The van der Waals surface area contributed by atoms with Crippen LogP contribution >= 0.6 is 0 Å². The van der Waals surface area contributed by atoms with Crippen molar-refractivity contribution in [3.63, 3.8) is 0 Å². The molecular weight excluding hydrogens is 326 g/mol. The van der Waals surface area contributed by atoms with E-state index in [1.54, 1.807) is 0 Å². The third-order valence-corrected chi connectivity index (χ3v) is 4.99. The molecule has 1 heterocycles. The van der Waals surface area contributed by atoms with Gasteiger partial charge in [0.15, 0.2) is 0 Å². The molecule has 0 unspecified atom stereocenters. The molecule has 0 aromatic heterocycles. The van der Waals surface area contributed by atoms with Crippen LogP contribution in [0.2, 0.25) is 0 Å². The first kappa shape index (κ1) is 20.3. The van der Waals surface area contributed by atoms with Crippen molar-refractivity contribution in [3.8, 4) is 0 Å². The maximum atomic E-state index is 12.6. The second-order valence-electron chi connectivity index (χ2n) is 7.29. The molecule has 1 aliphatic heterocycles. The van der Waals surface area contributed by atoms with E-state index >= 15 is 0 Å². The highest BCUT2D eigenvalue weighted by molar-refractivity contribution is 5.94. The number of rotatable bonds is 8. The normalized spacial score (nSPS) is 15.0. The van der Waals surface area contributed by atoms with Crippen LogP contribution in [-0.4, -0.2) is 54.3 Å². The van der Waals surface area contributed by atoms with Gasteiger partial charge in [0.25, 0.3) is 5.91 Å². The molecule has 1 aromatic rings. The molecule has 1 N–H and O–H groups in total. The lowest BCUT2D eigenvalue weighted by Crippen LogP contribution is -2.40. The minimum Gasteiger partial charge on any atom is -0.376 e. The van der Waals surface area contributed by atoms with Gasteiger partial charge in [-0.25, -0.2) is 0 Å². The summed E-state index contributed by atoms with van der Waals surface area (Å²) in [6, 6.07) is 7.45. The zero-order valence-corrected chi connectivity index (χ0v) is 16.5. The molecule has 0 atom stereocenters. The number of likely N-dealkylation sites (tertiary alicyclic amines) is 1. The van der Waals surface area contributed by atoms with E-state index in [1.165, 1.54) is 0 Å². The molecule has 1 aromatic carbocycles. The molecular formula is C21H33N3O2. The van der Waals surface area contributed by atoms with Crippen LogP contribution < -0.4 is 5.32 Å². The maximum Gasteiger partial charge on any atom is 0.253 e. The number of hydrogen-bond donors (Lipinski definition) is 1. The van der Waals surface area contributed by atoms with Crippen LogP contribution in [0.15, 0.2) is 24.3 Å². The smallest absolute Gasteiger partial charge is 0.253 e. The number of carbonyl (C=O) groups is 2. The van der Waals surface area contributed by atoms with Crippen LogP contribution in [0.3, 0.4) is 0 Å². The minimum atomic E-state index is 0.0822. The molecule has 0 radical (unpaired) electrons. The monoisotopic (exact) mass is 359 g/mol. The van der Waals surface area contributed by atoms with Gasteiger partial charge in [0.2, 0.25) is 5.91 Å². The van der Waals surface area contributed by atoms with Crippen molar-refractivity contribution in [2.45, 2.75) is 46.5 Å². The Morgan fingerprint density at radius 2 is 1.65 bits per heavy atom. The van der Waals surface area contributed by atoms with E-state index in [1.807, 2.05) is 34.1 Å². The van der Waals surface area contributed by atoms with Gasteiger partial charge in [-0.2, -0.15) is 0 Å². The van der Waals surface area contributed by atoms with Crippen molar-refractivity contribution in [2.75, 3.05) is 38.0 Å². The molecule has 2 rings (SSSR count). The first-order valence-electron chi connectivity index (χ1n) is 9.96. The molecule has 5 nitrogen and oxygen atoms in total. The summed E-state index contributed by atoms with van der Waals surface area (Å²) in [4.78, 5) is 28.7. The lowest BCUT2D eigenvalue weighted by atomic mass is 9.99. The summed E-state index contributed by atoms with van der Waals surface area (Å²) in [6.45, 7) is 10.0. The summed E-state index contributed by atoms with van der Waals surface area (Å²) in [5.74, 6) is 0.949. The van der Waals surface area contributed by atoms with E-state index in [0.29, 0.717) is 12.1 Å². The average Bonchev–Trinajstić information content (AvgIpc) is 2.66. The van der Waals surface area contributed by atoms with Crippen LogP contribution in [0.1, 0.15) is 56.8 Å². The second-order valence-corrected chi connectivity index (χ2v) is 7.29. The lowest BCUT2D eigenvalue weighted by Gasteiger charge is -2.30. The van der Waals surface area contributed by atoms with Gasteiger partial charge >= 0.3 is 0 Å². The molecule has 26 heavy (non-hydrogen) atoms. The molecule has 0 aliphatic carbocycles.